The Kier molecular flexibility index (Phi) is 7.56. The van der Waals surface area contributed by atoms with Crippen molar-refractivity contribution in [1.82, 2.24) is 5.32 Å². The molecule has 0 aromatic heterocycles. The highest BCUT2D eigenvalue weighted by molar-refractivity contribution is 6.31. The summed E-state index contributed by atoms with van der Waals surface area (Å²) in [4.78, 5) is 23.6. The highest BCUT2D eigenvalue weighted by Gasteiger charge is 2.27. The molecule has 1 heterocycles. The van der Waals surface area contributed by atoms with Gasteiger partial charge in [-0.15, -0.1) is 0 Å². The van der Waals surface area contributed by atoms with Gasteiger partial charge in [0.25, 0.3) is 0 Å². The second kappa shape index (κ2) is 10.1. The summed E-state index contributed by atoms with van der Waals surface area (Å²) in [6.07, 6.45) is 6.94. The molecule has 2 N–H and O–H groups in total. The first-order chi connectivity index (χ1) is 14.0. The summed E-state index contributed by atoms with van der Waals surface area (Å²) in [6, 6.07) is 4.93. The Balaban J connectivity index is 1.74. The van der Waals surface area contributed by atoms with Gasteiger partial charge in [0, 0.05) is 23.6 Å². The number of rotatable bonds is 8. The van der Waals surface area contributed by atoms with Gasteiger partial charge in [-0.1, -0.05) is 49.8 Å². The maximum absolute atomic E-state index is 12.3. The van der Waals surface area contributed by atoms with Crippen LogP contribution in [0.2, 0.25) is 5.02 Å². The number of fused-ring (bicyclic) bond motifs is 1. The van der Waals surface area contributed by atoms with Crippen LogP contribution in [0.3, 0.4) is 0 Å². The first-order valence-corrected chi connectivity index (χ1v) is 10.5. The van der Waals surface area contributed by atoms with Crippen molar-refractivity contribution in [3.8, 4) is 5.75 Å². The number of carboxylic acids is 1. The van der Waals surface area contributed by atoms with E-state index < -0.39 is 12.0 Å². The fourth-order valence-corrected chi connectivity index (χ4v) is 4.42. The summed E-state index contributed by atoms with van der Waals surface area (Å²) in [7, 11) is 1.40. The Morgan fingerprint density at radius 1 is 1.31 bits per heavy atom. The molecule has 158 valence electrons. The zero-order valence-electron chi connectivity index (χ0n) is 16.7. The monoisotopic (exact) mass is 421 g/mol. The summed E-state index contributed by atoms with van der Waals surface area (Å²) in [5, 5.41) is 13.1. The number of esters is 1. The SMILES string of the molecule is COC(=O)[C@H](CC1CCCCC1)NCC1=C(CC(=O)O)Oc2cccc(Cl)c2C1. The largest absolute Gasteiger partial charge is 0.481 e. The van der Waals surface area contributed by atoms with Gasteiger partial charge in [-0.2, -0.15) is 0 Å². The zero-order chi connectivity index (χ0) is 20.8. The van der Waals surface area contributed by atoms with Crippen molar-refractivity contribution in [2.75, 3.05) is 13.7 Å². The Morgan fingerprint density at radius 2 is 2.07 bits per heavy atom. The van der Waals surface area contributed by atoms with Crippen molar-refractivity contribution in [3.63, 3.8) is 0 Å². The summed E-state index contributed by atoms with van der Waals surface area (Å²) < 4.78 is 10.9. The molecule has 1 aromatic carbocycles. The minimum absolute atomic E-state index is 0.214. The number of ether oxygens (including phenoxy) is 2. The highest BCUT2D eigenvalue weighted by Crippen LogP contribution is 2.36. The molecule has 0 spiro atoms. The van der Waals surface area contributed by atoms with Gasteiger partial charge in [0.05, 0.1) is 7.11 Å². The second-order valence-corrected chi connectivity index (χ2v) is 8.20. The second-order valence-electron chi connectivity index (χ2n) is 7.79. The van der Waals surface area contributed by atoms with Gasteiger partial charge in [-0.3, -0.25) is 9.59 Å². The van der Waals surface area contributed by atoms with Gasteiger partial charge in [0.15, 0.2) is 0 Å². The molecule has 1 aliphatic carbocycles. The fraction of sp³-hybridized carbons (Fsp3) is 0.545. The molecule has 6 nitrogen and oxygen atoms in total. The van der Waals surface area contributed by atoms with Crippen LogP contribution >= 0.6 is 11.6 Å². The van der Waals surface area contributed by atoms with Crippen LogP contribution in [0.1, 0.15) is 50.5 Å². The number of halogens is 1. The molecule has 0 radical (unpaired) electrons. The number of benzene rings is 1. The van der Waals surface area contributed by atoms with E-state index in [1.165, 1.54) is 26.4 Å². The minimum atomic E-state index is -0.963. The van der Waals surface area contributed by atoms with E-state index in [0.29, 0.717) is 35.4 Å². The summed E-state index contributed by atoms with van der Waals surface area (Å²) in [5.74, 6) is 0.247. The lowest BCUT2D eigenvalue weighted by Gasteiger charge is -2.28. The van der Waals surface area contributed by atoms with Crippen LogP contribution < -0.4 is 10.1 Å². The smallest absolute Gasteiger partial charge is 0.322 e. The van der Waals surface area contributed by atoms with Crippen LogP contribution in [0.15, 0.2) is 29.5 Å². The lowest BCUT2D eigenvalue weighted by Crippen LogP contribution is -2.41. The first-order valence-electron chi connectivity index (χ1n) is 10.2. The minimum Gasteiger partial charge on any atom is -0.481 e. The first kappa shape index (κ1) is 21.7. The van der Waals surface area contributed by atoms with E-state index >= 15 is 0 Å². The molecule has 0 amide bonds. The van der Waals surface area contributed by atoms with Crippen molar-refractivity contribution in [2.45, 2.75) is 57.4 Å². The van der Waals surface area contributed by atoms with Crippen LogP contribution in [-0.4, -0.2) is 36.7 Å². The van der Waals surface area contributed by atoms with E-state index in [1.54, 1.807) is 18.2 Å². The number of carbonyl (C=O) groups excluding carboxylic acids is 1. The maximum atomic E-state index is 12.3. The third-order valence-electron chi connectivity index (χ3n) is 5.75. The fourth-order valence-electron chi connectivity index (χ4n) is 4.19. The van der Waals surface area contributed by atoms with E-state index in [9.17, 15) is 14.7 Å². The number of hydrogen-bond donors (Lipinski definition) is 2. The van der Waals surface area contributed by atoms with Crippen molar-refractivity contribution >= 4 is 23.5 Å². The molecule has 0 unspecified atom stereocenters. The van der Waals surface area contributed by atoms with Crippen LogP contribution in [0, 0.1) is 5.92 Å². The number of nitrogens with one attached hydrogen (secondary N) is 1. The van der Waals surface area contributed by atoms with Crippen molar-refractivity contribution < 1.29 is 24.2 Å². The Hall–Kier alpha value is -2.05. The molecular formula is C22H28ClNO5. The van der Waals surface area contributed by atoms with Crippen molar-refractivity contribution in [3.05, 3.63) is 40.1 Å². The lowest BCUT2D eigenvalue weighted by atomic mass is 9.84. The van der Waals surface area contributed by atoms with Crippen LogP contribution in [0.4, 0.5) is 0 Å². The number of carboxylic acid groups (broad SMARTS) is 1. The van der Waals surface area contributed by atoms with E-state index in [2.05, 4.69) is 5.32 Å². The van der Waals surface area contributed by atoms with Gasteiger partial charge < -0.3 is 19.9 Å². The molecule has 29 heavy (non-hydrogen) atoms. The molecule has 3 rings (SSSR count). The van der Waals surface area contributed by atoms with Crippen LogP contribution in [0.25, 0.3) is 0 Å². The Morgan fingerprint density at radius 3 is 2.76 bits per heavy atom. The Labute approximate surface area is 176 Å². The van der Waals surface area contributed by atoms with E-state index in [-0.39, 0.29) is 12.4 Å². The maximum Gasteiger partial charge on any atom is 0.322 e. The average molecular weight is 422 g/mol. The number of aliphatic carboxylic acids is 1. The molecule has 2 aliphatic rings. The summed E-state index contributed by atoms with van der Waals surface area (Å²) in [5.41, 5.74) is 1.63. The topological polar surface area (TPSA) is 84.9 Å². The van der Waals surface area contributed by atoms with Crippen molar-refractivity contribution in [1.29, 1.82) is 0 Å². The van der Waals surface area contributed by atoms with Crippen LogP contribution in [-0.2, 0) is 20.7 Å². The molecular weight excluding hydrogens is 394 g/mol. The summed E-state index contributed by atoms with van der Waals surface area (Å²) in [6.45, 7) is 0.347. The molecule has 1 saturated carbocycles. The van der Waals surface area contributed by atoms with Gasteiger partial charge in [-0.25, -0.2) is 0 Å². The quantitative estimate of drug-likeness (QED) is 0.614. The number of carbonyl (C=O) groups is 2. The molecule has 1 fully saturated rings. The number of hydrogen-bond acceptors (Lipinski definition) is 5. The molecule has 1 aliphatic heterocycles. The molecule has 1 aromatic rings. The number of methoxy groups -OCH3 is 1. The molecule has 0 saturated heterocycles. The predicted octanol–water partition coefficient (Wildman–Crippen LogP) is 4.11. The average Bonchev–Trinajstić information content (AvgIpc) is 2.71. The van der Waals surface area contributed by atoms with Crippen LogP contribution in [0.5, 0.6) is 5.75 Å². The predicted molar refractivity (Wildman–Crippen MR) is 110 cm³/mol. The zero-order valence-corrected chi connectivity index (χ0v) is 17.5. The normalized spacial score (nSPS) is 18.0. The van der Waals surface area contributed by atoms with E-state index in [1.807, 2.05) is 0 Å². The highest BCUT2D eigenvalue weighted by atomic mass is 35.5. The van der Waals surface area contributed by atoms with Crippen molar-refractivity contribution in [2.24, 2.45) is 5.92 Å². The van der Waals surface area contributed by atoms with Gasteiger partial charge in [0.1, 0.15) is 24.0 Å². The molecule has 0 bridgehead atoms. The van der Waals surface area contributed by atoms with Gasteiger partial charge in [-0.05, 0) is 30.0 Å². The van der Waals surface area contributed by atoms with E-state index in [4.69, 9.17) is 21.1 Å². The standard InChI is InChI=1S/C22H28ClNO5/c1-28-22(27)18(10-14-6-3-2-4-7-14)24-13-15-11-16-17(23)8-5-9-19(16)29-20(15)12-21(25)26/h5,8-9,14,18,24H,2-4,6-7,10-13H2,1H3,(H,25,26)/t18-/m0/s1. The van der Waals surface area contributed by atoms with Gasteiger partial charge in [0.2, 0.25) is 0 Å². The molecule has 1 atom stereocenters. The Bertz CT molecular complexity index is 785. The third-order valence-corrected chi connectivity index (χ3v) is 6.10. The lowest BCUT2D eigenvalue weighted by molar-refractivity contribution is -0.143. The van der Waals surface area contributed by atoms with E-state index in [0.717, 1.165) is 30.4 Å². The van der Waals surface area contributed by atoms with Gasteiger partial charge >= 0.3 is 11.9 Å². The third kappa shape index (κ3) is 5.73. The molecule has 7 heteroatoms. The summed E-state index contributed by atoms with van der Waals surface area (Å²) >= 11 is 6.31.